The predicted molar refractivity (Wildman–Crippen MR) is 82.6 cm³/mol. The van der Waals surface area contributed by atoms with Crippen LogP contribution < -0.4 is 5.32 Å². The first kappa shape index (κ1) is 14.4. The van der Waals surface area contributed by atoms with Crippen LogP contribution in [0.3, 0.4) is 0 Å². The third-order valence-electron chi connectivity index (χ3n) is 3.46. The zero-order valence-electron chi connectivity index (χ0n) is 11.9. The molecule has 2 rings (SSSR count). The number of rotatable bonds is 4. The van der Waals surface area contributed by atoms with E-state index in [4.69, 9.17) is 4.42 Å². The Morgan fingerprint density at radius 2 is 1.95 bits per heavy atom. The van der Waals surface area contributed by atoms with Crippen molar-refractivity contribution < 1.29 is 4.42 Å². The molecule has 0 bridgehead atoms. The first-order valence-electron chi connectivity index (χ1n) is 6.59. The second-order valence-corrected chi connectivity index (χ2v) is 5.69. The molecule has 0 saturated heterocycles. The molecule has 0 amide bonds. The standard InChI is InChI=1S/C16H20BrNO/c1-5-12-6-7-15(19-12)16(18-4)13-8-11(3)14(17)9-10(13)2/h6-9,16,18H,5H2,1-4H3. The molecule has 0 aliphatic rings. The predicted octanol–water partition coefficient (Wildman–Crippen LogP) is 4.53. The van der Waals surface area contributed by atoms with Crippen LogP contribution in [0.25, 0.3) is 0 Å². The van der Waals surface area contributed by atoms with Crippen molar-refractivity contribution in [2.45, 2.75) is 33.2 Å². The Labute approximate surface area is 123 Å². The maximum absolute atomic E-state index is 5.89. The number of hydrogen-bond donors (Lipinski definition) is 1. The van der Waals surface area contributed by atoms with Gasteiger partial charge in [0.15, 0.2) is 0 Å². The van der Waals surface area contributed by atoms with Crippen LogP contribution in [0.5, 0.6) is 0 Å². The summed E-state index contributed by atoms with van der Waals surface area (Å²) in [6.07, 6.45) is 0.925. The van der Waals surface area contributed by atoms with Crippen molar-refractivity contribution in [3.05, 3.63) is 56.9 Å². The molecule has 1 unspecified atom stereocenters. The number of hydrogen-bond acceptors (Lipinski definition) is 2. The summed E-state index contributed by atoms with van der Waals surface area (Å²) in [6, 6.07) is 8.61. The van der Waals surface area contributed by atoms with Gasteiger partial charge in [-0.15, -0.1) is 0 Å². The van der Waals surface area contributed by atoms with Crippen LogP contribution in [0, 0.1) is 13.8 Å². The van der Waals surface area contributed by atoms with Crippen LogP contribution in [-0.2, 0) is 6.42 Å². The van der Waals surface area contributed by atoms with Crippen molar-refractivity contribution in [3.63, 3.8) is 0 Å². The maximum Gasteiger partial charge on any atom is 0.125 e. The number of nitrogens with one attached hydrogen (secondary N) is 1. The average molecular weight is 322 g/mol. The normalized spacial score (nSPS) is 12.7. The molecule has 1 atom stereocenters. The molecule has 1 aromatic heterocycles. The summed E-state index contributed by atoms with van der Waals surface area (Å²) in [7, 11) is 1.97. The Balaban J connectivity index is 2.44. The van der Waals surface area contributed by atoms with Gasteiger partial charge in [0, 0.05) is 10.9 Å². The van der Waals surface area contributed by atoms with E-state index in [1.807, 2.05) is 7.05 Å². The summed E-state index contributed by atoms with van der Waals surface area (Å²) in [5.74, 6) is 2.01. The molecule has 3 heteroatoms. The lowest BCUT2D eigenvalue weighted by Gasteiger charge is -2.18. The Morgan fingerprint density at radius 3 is 2.53 bits per heavy atom. The van der Waals surface area contributed by atoms with Crippen LogP contribution in [0.1, 0.15) is 41.2 Å². The molecule has 0 aliphatic carbocycles. The molecule has 0 aliphatic heterocycles. The molecule has 1 N–H and O–H groups in total. The Bertz CT molecular complexity index is 574. The third kappa shape index (κ3) is 2.93. The lowest BCUT2D eigenvalue weighted by Crippen LogP contribution is -2.18. The van der Waals surface area contributed by atoms with E-state index in [0.29, 0.717) is 0 Å². The highest BCUT2D eigenvalue weighted by atomic mass is 79.9. The third-order valence-corrected chi connectivity index (χ3v) is 4.32. The van der Waals surface area contributed by atoms with Gasteiger partial charge >= 0.3 is 0 Å². The maximum atomic E-state index is 5.89. The van der Waals surface area contributed by atoms with Gasteiger partial charge in [-0.25, -0.2) is 0 Å². The van der Waals surface area contributed by atoms with Crippen molar-refractivity contribution in [1.82, 2.24) is 5.32 Å². The van der Waals surface area contributed by atoms with Crippen LogP contribution in [-0.4, -0.2) is 7.05 Å². The van der Waals surface area contributed by atoms with Gasteiger partial charge in [-0.2, -0.15) is 0 Å². The van der Waals surface area contributed by atoms with E-state index in [9.17, 15) is 0 Å². The highest BCUT2D eigenvalue weighted by Gasteiger charge is 2.18. The molecule has 0 fully saturated rings. The first-order chi connectivity index (χ1) is 9.06. The van der Waals surface area contributed by atoms with Crippen molar-refractivity contribution in [1.29, 1.82) is 0 Å². The van der Waals surface area contributed by atoms with Gasteiger partial charge in [-0.05, 0) is 55.8 Å². The molecular weight excluding hydrogens is 302 g/mol. The highest BCUT2D eigenvalue weighted by molar-refractivity contribution is 9.10. The molecule has 19 heavy (non-hydrogen) atoms. The van der Waals surface area contributed by atoms with E-state index in [1.165, 1.54) is 16.7 Å². The molecule has 0 radical (unpaired) electrons. The number of aryl methyl sites for hydroxylation is 3. The highest BCUT2D eigenvalue weighted by Crippen LogP contribution is 2.30. The van der Waals surface area contributed by atoms with Crippen LogP contribution in [0.2, 0.25) is 0 Å². The van der Waals surface area contributed by atoms with Gasteiger partial charge < -0.3 is 9.73 Å². The molecule has 102 valence electrons. The van der Waals surface area contributed by atoms with Gasteiger partial charge in [0.25, 0.3) is 0 Å². The first-order valence-corrected chi connectivity index (χ1v) is 7.38. The fourth-order valence-corrected chi connectivity index (χ4v) is 2.76. The molecular formula is C16H20BrNO. The summed E-state index contributed by atoms with van der Waals surface area (Å²) in [5.41, 5.74) is 3.76. The largest absolute Gasteiger partial charge is 0.464 e. The van der Waals surface area contributed by atoms with Crippen LogP contribution >= 0.6 is 15.9 Å². The summed E-state index contributed by atoms with van der Waals surface area (Å²) in [5, 5.41) is 3.35. The molecule has 1 heterocycles. The Morgan fingerprint density at radius 1 is 1.21 bits per heavy atom. The van der Waals surface area contributed by atoms with Gasteiger partial charge in [-0.3, -0.25) is 0 Å². The lowest BCUT2D eigenvalue weighted by molar-refractivity contribution is 0.433. The smallest absolute Gasteiger partial charge is 0.125 e. The quantitative estimate of drug-likeness (QED) is 0.894. The monoisotopic (exact) mass is 321 g/mol. The van der Waals surface area contributed by atoms with Gasteiger partial charge in [0.05, 0.1) is 6.04 Å². The molecule has 2 aromatic rings. The Kier molecular flexibility index (Phi) is 4.48. The summed E-state index contributed by atoms with van der Waals surface area (Å²) in [6.45, 7) is 6.35. The minimum atomic E-state index is 0.104. The van der Waals surface area contributed by atoms with Crippen molar-refractivity contribution in [2.75, 3.05) is 7.05 Å². The summed E-state index contributed by atoms with van der Waals surface area (Å²) in [4.78, 5) is 0. The molecule has 0 saturated carbocycles. The van der Waals surface area contributed by atoms with E-state index in [1.54, 1.807) is 0 Å². The summed E-state index contributed by atoms with van der Waals surface area (Å²) < 4.78 is 7.04. The fraction of sp³-hybridized carbons (Fsp3) is 0.375. The zero-order chi connectivity index (χ0) is 14.0. The van der Waals surface area contributed by atoms with E-state index in [2.05, 4.69) is 66.3 Å². The van der Waals surface area contributed by atoms with Crippen LogP contribution in [0.15, 0.2) is 33.2 Å². The lowest BCUT2D eigenvalue weighted by atomic mass is 9.97. The Hall–Kier alpha value is -1.06. The minimum absolute atomic E-state index is 0.104. The van der Waals surface area contributed by atoms with Gasteiger partial charge in [0.2, 0.25) is 0 Å². The van der Waals surface area contributed by atoms with Crippen LogP contribution in [0.4, 0.5) is 0 Å². The number of benzene rings is 1. The van der Waals surface area contributed by atoms with E-state index >= 15 is 0 Å². The van der Waals surface area contributed by atoms with Gasteiger partial charge in [0.1, 0.15) is 11.5 Å². The molecule has 1 aromatic carbocycles. The second-order valence-electron chi connectivity index (χ2n) is 4.84. The van der Waals surface area contributed by atoms with Gasteiger partial charge in [-0.1, -0.05) is 28.9 Å². The van der Waals surface area contributed by atoms with E-state index < -0.39 is 0 Å². The van der Waals surface area contributed by atoms with E-state index in [-0.39, 0.29) is 6.04 Å². The van der Waals surface area contributed by atoms with Crippen molar-refractivity contribution in [3.8, 4) is 0 Å². The second kappa shape index (κ2) is 5.93. The number of furan rings is 1. The number of halogens is 1. The average Bonchev–Trinajstić information content (AvgIpc) is 2.85. The van der Waals surface area contributed by atoms with Crippen molar-refractivity contribution >= 4 is 15.9 Å². The van der Waals surface area contributed by atoms with Crippen molar-refractivity contribution in [2.24, 2.45) is 0 Å². The summed E-state index contributed by atoms with van der Waals surface area (Å²) >= 11 is 3.58. The SMILES string of the molecule is CCc1ccc(C(NC)c2cc(C)c(Br)cc2C)o1. The zero-order valence-corrected chi connectivity index (χ0v) is 13.5. The van der Waals surface area contributed by atoms with E-state index in [0.717, 1.165) is 22.4 Å². The topological polar surface area (TPSA) is 25.2 Å². The molecule has 2 nitrogen and oxygen atoms in total. The molecule has 0 spiro atoms. The fourth-order valence-electron chi connectivity index (χ4n) is 2.30. The minimum Gasteiger partial charge on any atom is -0.464 e.